The first-order valence-electron chi connectivity index (χ1n) is 1.99. The third-order valence-corrected chi connectivity index (χ3v) is 0. The summed E-state index contributed by atoms with van der Waals surface area (Å²) in [6, 6.07) is 0. The summed E-state index contributed by atoms with van der Waals surface area (Å²) in [6.07, 6.45) is 1.75. The summed E-state index contributed by atoms with van der Waals surface area (Å²) in [5.74, 6) is 0. The third kappa shape index (κ3) is 653. The van der Waals surface area contributed by atoms with Crippen LogP contribution in [0.2, 0.25) is 0 Å². The van der Waals surface area contributed by atoms with E-state index in [0.717, 1.165) is 0 Å². The lowest BCUT2D eigenvalue weighted by Crippen LogP contribution is -1.38. The standard InChI is InChI=1S/C3H6.H6Si2/c1-3-2;1-2/h3H,1H2,2H3;1-2H3. The molecule has 0 aliphatic rings. The first-order chi connectivity index (χ1) is 2.41. The minimum absolute atomic E-state index is 1.44. The Morgan fingerprint density at radius 2 is 1.60 bits per heavy atom. The maximum Gasteiger partial charge on any atom is -0.0125 e. The molecule has 0 radical (unpaired) electrons. The Labute approximate surface area is 39.9 Å². The SMILES string of the molecule is C=CC.[SiH3][SiH3]. The van der Waals surface area contributed by atoms with Gasteiger partial charge in [0.25, 0.3) is 0 Å². The van der Waals surface area contributed by atoms with Crippen LogP contribution in [0.5, 0.6) is 0 Å². The zero-order valence-corrected chi connectivity index (χ0v) is 8.28. The van der Waals surface area contributed by atoms with Crippen LogP contribution in [-0.4, -0.2) is 19.5 Å². The van der Waals surface area contributed by atoms with Gasteiger partial charge in [0.15, 0.2) is 0 Å². The van der Waals surface area contributed by atoms with E-state index in [0.29, 0.717) is 0 Å². The van der Waals surface area contributed by atoms with Crippen molar-refractivity contribution in [2.24, 2.45) is 0 Å². The van der Waals surface area contributed by atoms with Gasteiger partial charge in [0.2, 0.25) is 0 Å². The molecule has 0 aromatic heterocycles. The van der Waals surface area contributed by atoms with Gasteiger partial charge in [-0.2, -0.15) is 0 Å². The van der Waals surface area contributed by atoms with Gasteiger partial charge in [-0.15, -0.1) is 6.58 Å². The Bertz CT molecular complexity index is 12.4. The molecule has 0 bridgehead atoms. The summed E-state index contributed by atoms with van der Waals surface area (Å²) in [6.45, 7) is 5.25. The van der Waals surface area contributed by atoms with Gasteiger partial charge in [0, 0.05) is 0 Å². The largest absolute Gasteiger partial charge is 0.103 e. The van der Waals surface area contributed by atoms with Gasteiger partial charge < -0.3 is 0 Å². The van der Waals surface area contributed by atoms with E-state index >= 15 is 0 Å². The Hall–Kier alpha value is 0.174. The predicted octanol–water partition coefficient (Wildman–Crippen LogP) is -1.18. The van der Waals surface area contributed by atoms with Gasteiger partial charge in [-0.05, 0) is 26.4 Å². The molecule has 0 saturated carbocycles. The van der Waals surface area contributed by atoms with E-state index in [1.54, 1.807) is 6.08 Å². The topological polar surface area (TPSA) is 0 Å². The highest BCUT2D eigenvalue weighted by atomic mass is 29.1. The van der Waals surface area contributed by atoms with Crippen LogP contribution < -0.4 is 0 Å². The van der Waals surface area contributed by atoms with Crippen molar-refractivity contribution in [3.63, 3.8) is 0 Å². The summed E-state index contributed by atoms with van der Waals surface area (Å²) in [4.78, 5) is 0. The monoisotopic (exact) mass is 104 g/mol. The third-order valence-electron chi connectivity index (χ3n) is 0. The highest BCUT2D eigenvalue weighted by Gasteiger charge is 1.15. The number of allylic oxidation sites excluding steroid dienone is 1. The predicted molar refractivity (Wildman–Crippen MR) is 35.7 cm³/mol. The summed E-state index contributed by atoms with van der Waals surface area (Å²) in [5, 5.41) is 0. The lowest BCUT2D eigenvalue weighted by atomic mass is 10.8. The second kappa shape index (κ2) is 30.5. The average Bonchev–Trinajstić information content (AvgIpc) is 1.46. The molecule has 0 nitrogen and oxygen atoms in total. The molecule has 0 rings (SSSR count). The Kier molecular flexibility index (Phi) is 54.6. The molecule has 0 atom stereocenters. The van der Waals surface area contributed by atoms with Gasteiger partial charge >= 0.3 is 0 Å². The van der Waals surface area contributed by atoms with Crippen molar-refractivity contribution in [1.82, 2.24) is 0 Å². The molecule has 0 aromatic carbocycles. The molecule has 0 saturated heterocycles. The summed E-state index contributed by atoms with van der Waals surface area (Å²) < 4.78 is 0. The molecule has 32 valence electrons. The molecule has 0 unspecified atom stereocenters. The zero-order chi connectivity index (χ0) is 4.71. The van der Waals surface area contributed by atoms with Gasteiger partial charge in [-0.25, -0.2) is 0 Å². The van der Waals surface area contributed by atoms with Gasteiger partial charge in [-0.3, -0.25) is 0 Å². The molecule has 0 aliphatic carbocycles. The Morgan fingerprint density at radius 1 is 1.60 bits per heavy atom. The lowest BCUT2D eigenvalue weighted by Gasteiger charge is -1.31. The molecule has 0 amide bonds. The fourth-order valence-corrected chi connectivity index (χ4v) is 0. The van der Waals surface area contributed by atoms with Crippen molar-refractivity contribution in [3.8, 4) is 0 Å². The van der Waals surface area contributed by atoms with Crippen LogP contribution in [0.1, 0.15) is 6.92 Å². The van der Waals surface area contributed by atoms with E-state index in [2.05, 4.69) is 6.58 Å². The van der Waals surface area contributed by atoms with Crippen LogP contribution in [0.4, 0.5) is 0 Å². The highest BCUT2D eigenvalue weighted by Crippen LogP contribution is 1.38. The highest BCUT2D eigenvalue weighted by molar-refractivity contribution is 6.75. The maximum absolute atomic E-state index is 3.36. The van der Waals surface area contributed by atoms with Crippen molar-refractivity contribution in [2.45, 2.75) is 6.92 Å². The van der Waals surface area contributed by atoms with E-state index in [9.17, 15) is 0 Å². The van der Waals surface area contributed by atoms with Crippen molar-refractivity contribution < 1.29 is 0 Å². The fourth-order valence-electron chi connectivity index (χ4n) is 0. The maximum atomic E-state index is 3.36. The molecule has 0 fully saturated rings. The van der Waals surface area contributed by atoms with Gasteiger partial charge in [-0.1, -0.05) is 6.08 Å². The van der Waals surface area contributed by atoms with Crippen molar-refractivity contribution in [3.05, 3.63) is 12.7 Å². The van der Waals surface area contributed by atoms with Crippen molar-refractivity contribution in [2.75, 3.05) is 0 Å². The molecule has 0 N–H and O–H groups in total. The molecule has 0 aliphatic heterocycles. The lowest BCUT2D eigenvalue weighted by molar-refractivity contribution is 1.80. The number of hydrogen-bond acceptors (Lipinski definition) is 0. The average molecular weight is 104 g/mol. The van der Waals surface area contributed by atoms with Crippen molar-refractivity contribution in [1.29, 1.82) is 0 Å². The van der Waals surface area contributed by atoms with Crippen LogP contribution in [-0.2, 0) is 0 Å². The van der Waals surface area contributed by atoms with Gasteiger partial charge in [0.1, 0.15) is 0 Å². The second-order valence-corrected chi connectivity index (χ2v) is 0.408. The smallest absolute Gasteiger partial charge is 0.0125 e. The summed E-state index contributed by atoms with van der Waals surface area (Å²) in [7, 11) is 2.89. The van der Waals surface area contributed by atoms with E-state index in [4.69, 9.17) is 0 Å². The Balaban J connectivity index is 0. The molecule has 0 aromatic rings. The van der Waals surface area contributed by atoms with Crippen LogP contribution in [0, 0.1) is 0 Å². The first-order valence-corrected chi connectivity index (χ1v) is 9.99. The van der Waals surface area contributed by atoms with Crippen LogP contribution in [0.15, 0.2) is 12.7 Å². The molecule has 0 heterocycles. The molecule has 5 heavy (non-hydrogen) atoms. The molecule has 2 heteroatoms. The Morgan fingerprint density at radius 3 is 1.60 bits per heavy atom. The minimum atomic E-state index is 1.44. The van der Waals surface area contributed by atoms with E-state index in [1.165, 1.54) is 19.5 Å². The quantitative estimate of drug-likeness (QED) is 0.268. The van der Waals surface area contributed by atoms with Crippen LogP contribution in [0.25, 0.3) is 0 Å². The number of rotatable bonds is 0. The van der Waals surface area contributed by atoms with Crippen LogP contribution >= 0.6 is 0 Å². The van der Waals surface area contributed by atoms with E-state index in [1.807, 2.05) is 6.92 Å². The summed E-state index contributed by atoms with van der Waals surface area (Å²) >= 11 is 0. The second-order valence-electron chi connectivity index (χ2n) is 0.408. The molecular formula is C3H12Si2. The van der Waals surface area contributed by atoms with Crippen molar-refractivity contribution >= 4 is 19.5 Å². The normalized spacial score (nSPS) is 5.00. The molecular weight excluding hydrogens is 92.2 g/mol. The zero-order valence-electron chi connectivity index (χ0n) is 4.28. The molecule has 0 spiro atoms. The fraction of sp³-hybridized carbons (Fsp3) is 0.333. The van der Waals surface area contributed by atoms with E-state index < -0.39 is 0 Å². The van der Waals surface area contributed by atoms with Gasteiger partial charge in [0.05, 0.1) is 0 Å². The van der Waals surface area contributed by atoms with E-state index in [-0.39, 0.29) is 0 Å². The minimum Gasteiger partial charge on any atom is -0.103 e. The van der Waals surface area contributed by atoms with Crippen LogP contribution in [0.3, 0.4) is 0 Å². The first kappa shape index (κ1) is 8.95. The number of hydrogen-bond donors (Lipinski definition) is 0. The summed E-state index contributed by atoms with van der Waals surface area (Å²) in [5.41, 5.74) is 0.